The van der Waals surface area contributed by atoms with Crippen LogP contribution in [-0.2, 0) is 19.4 Å². The summed E-state index contributed by atoms with van der Waals surface area (Å²) in [5, 5.41) is 2.97. The number of benzene rings is 1. The Labute approximate surface area is 149 Å². The van der Waals surface area contributed by atoms with Crippen LogP contribution in [0.5, 0.6) is 5.75 Å². The molecule has 1 aliphatic heterocycles. The lowest BCUT2D eigenvalue weighted by atomic mass is 10.0. The zero-order chi connectivity index (χ0) is 17.9. The number of hydrogen-bond acceptors (Lipinski definition) is 3. The molecule has 2 heterocycles. The van der Waals surface area contributed by atoms with Crippen molar-refractivity contribution in [3.8, 4) is 5.75 Å². The van der Waals surface area contributed by atoms with E-state index in [1.165, 1.54) is 5.56 Å². The Morgan fingerprint density at radius 2 is 2.16 bits per heavy atom. The SMILES string of the molecule is CN(CCc1ccccn1)C(=O)NCc1ccc2c(c1)CC(C)(C)O2. The standard InChI is InChI=1S/C20H25N3O2/c1-20(2)13-16-12-15(7-8-18(16)25-20)14-22-19(24)23(3)11-9-17-6-4-5-10-21-17/h4-8,10,12H,9,11,13-14H2,1-3H3,(H,22,24). The lowest BCUT2D eigenvalue weighted by molar-refractivity contribution is 0.138. The van der Waals surface area contributed by atoms with Gasteiger partial charge in [-0.25, -0.2) is 4.79 Å². The van der Waals surface area contributed by atoms with Crippen LogP contribution < -0.4 is 10.1 Å². The van der Waals surface area contributed by atoms with Gasteiger partial charge in [0, 0.05) is 44.9 Å². The molecular weight excluding hydrogens is 314 g/mol. The molecule has 0 aliphatic carbocycles. The molecule has 0 saturated carbocycles. The van der Waals surface area contributed by atoms with Crippen LogP contribution in [0.2, 0.25) is 0 Å². The molecule has 3 rings (SSSR count). The van der Waals surface area contributed by atoms with Crippen molar-refractivity contribution in [2.24, 2.45) is 0 Å². The fourth-order valence-corrected chi connectivity index (χ4v) is 3.02. The third-order valence-electron chi connectivity index (χ3n) is 4.35. The maximum atomic E-state index is 12.2. The Morgan fingerprint density at radius 3 is 2.92 bits per heavy atom. The lowest BCUT2D eigenvalue weighted by Gasteiger charge is -2.18. The molecule has 1 aromatic heterocycles. The molecule has 2 aromatic rings. The van der Waals surface area contributed by atoms with Gasteiger partial charge in [-0.05, 0) is 43.2 Å². The first kappa shape index (κ1) is 17.3. The fraction of sp³-hybridized carbons (Fsp3) is 0.400. The number of pyridine rings is 1. The van der Waals surface area contributed by atoms with Gasteiger partial charge in [0.05, 0.1) is 0 Å². The van der Waals surface area contributed by atoms with E-state index in [4.69, 9.17) is 4.74 Å². The topological polar surface area (TPSA) is 54.5 Å². The van der Waals surface area contributed by atoms with Gasteiger partial charge in [0.25, 0.3) is 0 Å². The second-order valence-electron chi connectivity index (χ2n) is 7.13. The van der Waals surface area contributed by atoms with Crippen molar-refractivity contribution < 1.29 is 9.53 Å². The summed E-state index contributed by atoms with van der Waals surface area (Å²) in [6.07, 6.45) is 3.42. The number of amides is 2. The summed E-state index contributed by atoms with van der Waals surface area (Å²) in [7, 11) is 1.80. The Kier molecular flexibility index (Phi) is 4.93. The third-order valence-corrected chi connectivity index (χ3v) is 4.35. The van der Waals surface area contributed by atoms with Crippen molar-refractivity contribution in [3.05, 3.63) is 59.4 Å². The van der Waals surface area contributed by atoms with Crippen molar-refractivity contribution in [2.45, 2.75) is 38.8 Å². The van der Waals surface area contributed by atoms with Crippen LogP contribution >= 0.6 is 0 Å². The van der Waals surface area contributed by atoms with E-state index in [1.54, 1.807) is 18.1 Å². The number of urea groups is 1. The highest BCUT2D eigenvalue weighted by Crippen LogP contribution is 2.35. The number of ether oxygens (including phenoxy) is 1. The minimum absolute atomic E-state index is 0.0759. The Morgan fingerprint density at radius 1 is 1.32 bits per heavy atom. The lowest BCUT2D eigenvalue weighted by Crippen LogP contribution is -2.38. The molecule has 0 unspecified atom stereocenters. The van der Waals surface area contributed by atoms with Crippen LogP contribution in [0.4, 0.5) is 4.79 Å². The molecule has 0 atom stereocenters. The average molecular weight is 339 g/mol. The third kappa shape index (κ3) is 4.50. The van der Waals surface area contributed by atoms with E-state index in [1.807, 2.05) is 30.3 Å². The molecule has 132 valence electrons. The molecule has 1 aliphatic rings. The number of rotatable bonds is 5. The molecule has 0 saturated heterocycles. The molecular formula is C20H25N3O2. The summed E-state index contributed by atoms with van der Waals surface area (Å²) in [6, 6.07) is 11.9. The van der Waals surface area contributed by atoms with Gasteiger partial charge in [-0.15, -0.1) is 0 Å². The summed E-state index contributed by atoms with van der Waals surface area (Å²) in [6.45, 7) is 5.32. The second-order valence-corrected chi connectivity index (χ2v) is 7.13. The van der Waals surface area contributed by atoms with Gasteiger partial charge in [-0.2, -0.15) is 0 Å². The Bertz CT molecular complexity index is 744. The van der Waals surface area contributed by atoms with E-state index >= 15 is 0 Å². The van der Waals surface area contributed by atoms with E-state index in [2.05, 4.69) is 30.2 Å². The molecule has 0 radical (unpaired) electrons. The van der Waals surface area contributed by atoms with Crippen molar-refractivity contribution in [1.29, 1.82) is 0 Å². The molecule has 5 heteroatoms. The molecule has 0 spiro atoms. The highest BCUT2D eigenvalue weighted by atomic mass is 16.5. The van der Waals surface area contributed by atoms with Crippen LogP contribution in [0, 0.1) is 0 Å². The number of fused-ring (bicyclic) bond motifs is 1. The quantitative estimate of drug-likeness (QED) is 0.910. The van der Waals surface area contributed by atoms with Crippen LogP contribution in [0.25, 0.3) is 0 Å². The second kappa shape index (κ2) is 7.13. The van der Waals surface area contributed by atoms with Crippen LogP contribution in [0.1, 0.15) is 30.7 Å². The van der Waals surface area contributed by atoms with Crippen molar-refractivity contribution >= 4 is 6.03 Å². The van der Waals surface area contributed by atoms with Gasteiger partial charge >= 0.3 is 6.03 Å². The summed E-state index contributed by atoms with van der Waals surface area (Å²) in [4.78, 5) is 18.2. The summed E-state index contributed by atoms with van der Waals surface area (Å²) >= 11 is 0. The average Bonchev–Trinajstić information content (AvgIpc) is 2.91. The molecule has 0 fully saturated rings. The van der Waals surface area contributed by atoms with E-state index in [0.29, 0.717) is 13.1 Å². The largest absolute Gasteiger partial charge is 0.487 e. The van der Waals surface area contributed by atoms with Crippen molar-refractivity contribution in [2.75, 3.05) is 13.6 Å². The predicted molar refractivity (Wildman–Crippen MR) is 97.7 cm³/mol. The first-order valence-electron chi connectivity index (χ1n) is 8.63. The van der Waals surface area contributed by atoms with E-state index in [-0.39, 0.29) is 11.6 Å². The monoisotopic (exact) mass is 339 g/mol. The predicted octanol–water partition coefficient (Wildman–Crippen LogP) is 3.18. The number of hydrogen-bond donors (Lipinski definition) is 1. The number of carbonyl (C=O) groups is 1. The normalized spacial score (nSPS) is 14.5. The number of nitrogens with one attached hydrogen (secondary N) is 1. The van der Waals surface area contributed by atoms with E-state index < -0.39 is 0 Å². The van der Waals surface area contributed by atoms with Crippen LogP contribution in [0.15, 0.2) is 42.6 Å². The molecule has 2 amide bonds. The molecule has 1 aromatic carbocycles. The summed E-state index contributed by atoms with van der Waals surface area (Å²) in [5.41, 5.74) is 3.14. The maximum absolute atomic E-state index is 12.2. The number of aromatic nitrogens is 1. The van der Waals surface area contributed by atoms with E-state index in [9.17, 15) is 4.79 Å². The number of likely N-dealkylation sites (N-methyl/N-ethyl adjacent to an activating group) is 1. The summed E-state index contributed by atoms with van der Waals surface area (Å²) in [5.74, 6) is 0.951. The highest BCUT2D eigenvalue weighted by Gasteiger charge is 2.29. The Hall–Kier alpha value is -2.56. The van der Waals surface area contributed by atoms with E-state index in [0.717, 1.165) is 29.8 Å². The van der Waals surface area contributed by atoms with Gasteiger partial charge < -0.3 is 15.0 Å². The van der Waals surface area contributed by atoms with Crippen LogP contribution in [-0.4, -0.2) is 35.1 Å². The molecule has 0 bridgehead atoms. The zero-order valence-electron chi connectivity index (χ0n) is 15.1. The van der Waals surface area contributed by atoms with Gasteiger partial charge in [-0.3, -0.25) is 4.98 Å². The summed E-state index contributed by atoms with van der Waals surface area (Å²) < 4.78 is 5.89. The minimum Gasteiger partial charge on any atom is -0.487 e. The minimum atomic E-state index is -0.143. The zero-order valence-corrected chi connectivity index (χ0v) is 15.1. The van der Waals surface area contributed by atoms with Crippen LogP contribution in [0.3, 0.4) is 0 Å². The number of nitrogens with zero attached hydrogens (tertiary/aromatic N) is 2. The molecule has 1 N–H and O–H groups in total. The van der Waals surface area contributed by atoms with Gasteiger partial charge in [0.1, 0.15) is 11.4 Å². The maximum Gasteiger partial charge on any atom is 0.317 e. The molecule has 25 heavy (non-hydrogen) atoms. The van der Waals surface area contributed by atoms with Crippen molar-refractivity contribution in [1.82, 2.24) is 15.2 Å². The smallest absolute Gasteiger partial charge is 0.317 e. The first-order valence-corrected chi connectivity index (χ1v) is 8.63. The highest BCUT2D eigenvalue weighted by molar-refractivity contribution is 5.73. The van der Waals surface area contributed by atoms with Gasteiger partial charge in [0.2, 0.25) is 0 Å². The first-order chi connectivity index (χ1) is 11.9. The van der Waals surface area contributed by atoms with Gasteiger partial charge in [0.15, 0.2) is 0 Å². The fourth-order valence-electron chi connectivity index (χ4n) is 3.02. The van der Waals surface area contributed by atoms with Gasteiger partial charge in [-0.1, -0.05) is 18.2 Å². The number of carbonyl (C=O) groups excluding carboxylic acids is 1. The Balaban J connectivity index is 1.49. The van der Waals surface area contributed by atoms with Crippen molar-refractivity contribution in [3.63, 3.8) is 0 Å². The molecule has 5 nitrogen and oxygen atoms in total.